The van der Waals surface area contributed by atoms with E-state index in [1.54, 1.807) is 0 Å². The van der Waals surface area contributed by atoms with Crippen LogP contribution < -0.4 is 4.46 Å². The predicted molar refractivity (Wildman–Crippen MR) is 104 cm³/mol. The standard InChI is InChI=1S/C20H32N2OSe/c1-3-4-5-6-17-24-19-9-7-18(8-10-19)20(23)11-12-22-15-13-21(2)14-16-22/h7-10H,3-6,11-17H2,1-2H3. The minimum absolute atomic E-state index is 0.288. The van der Waals surface area contributed by atoms with Gasteiger partial charge in [0.2, 0.25) is 0 Å². The maximum atomic E-state index is 12.4. The van der Waals surface area contributed by atoms with Crippen molar-refractivity contribution in [2.24, 2.45) is 0 Å². The monoisotopic (exact) mass is 396 g/mol. The van der Waals surface area contributed by atoms with E-state index >= 15 is 0 Å². The van der Waals surface area contributed by atoms with Gasteiger partial charge in [-0.05, 0) is 0 Å². The zero-order valence-corrected chi connectivity index (χ0v) is 17.0. The number of benzene rings is 1. The van der Waals surface area contributed by atoms with E-state index in [1.165, 1.54) is 35.5 Å². The third-order valence-corrected chi connectivity index (χ3v) is 7.00. The Morgan fingerprint density at radius 1 is 1.04 bits per heavy atom. The molecule has 1 aliphatic rings. The molecule has 3 nitrogen and oxygen atoms in total. The van der Waals surface area contributed by atoms with Crippen molar-refractivity contribution in [3.8, 4) is 0 Å². The van der Waals surface area contributed by atoms with Crippen LogP contribution in [0.15, 0.2) is 24.3 Å². The molecule has 0 bridgehead atoms. The van der Waals surface area contributed by atoms with Crippen molar-refractivity contribution in [3.63, 3.8) is 0 Å². The molecule has 1 saturated heterocycles. The van der Waals surface area contributed by atoms with Crippen LogP contribution in [0.5, 0.6) is 0 Å². The third-order valence-electron chi connectivity index (χ3n) is 4.69. The number of hydrogen-bond donors (Lipinski definition) is 0. The number of carbonyl (C=O) groups is 1. The van der Waals surface area contributed by atoms with E-state index in [0.717, 1.165) is 38.3 Å². The topological polar surface area (TPSA) is 23.6 Å². The Kier molecular flexibility index (Phi) is 9.04. The van der Waals surface area contributed by atoms with Crippen molar-refractivity contribution >= 4 is 25.2 Å². The number of unbranched alkanes of at least 4 members (excludes halogenated alkanes) is 3. The molecule has 2 rings (SSSR count). The van der Waals surface area contributed by atoms with E-state index in [4.69, 9.17) is 0 Å². The van der Waals surface area contributed by atoms with E-state index < -0.39 is 0 Å². The van der Waals surface area contributed by atoms with E-state index in [-0.39, 0.29) is 5.78 Å². The van der Waals surface area contributed by atoms with E-state index in [2.05, 4.69) is 35.9 Å². The van der Waals surface area contributed by atoms with Gasteiger partial charge in [0.05, 0.1) is 0 Å². The van der Waals surface area contributed by atoms with Crippen molar-refractivity contribution in [1.82, 2.24) is 9.80 Å². The summed E-state index contributed by atoms with van der Waals surface area (Å²) in [5.74, 6) is 0.288. The van der Waals surface area contributed by atoms with E-state index in [1.807, 2.05) is 12.1 Å². The number of likely N-dealkylation sites (N-methyl/N-ethyl adjacent to an activating group) is 1. The first-order chi connectivity index (χ1) is 11.7. The number of rotatable bonds is 10. The van der Waals surface area contributed by atoms with Gasteiger partial charge in [-0.25, -0.2) is 0 Å². The molecule has 0 N–H and O–H groups in total. The normalized spacial score (nSPS) is 16.4. The average molecular weight is 395 g/mol. The van der Waals surface area contributed by atoms with Crippen molar-refractivity contribution in [1.29, 1.82) is 0 Å². The molecule has 4 heteroatoms. The third kappa shape index (κ3) is 7.06. The molecule has 0 atom stereocenters. The first-order valence-electron chi connectivity index (χ1n) is 9.36. The second-order valence-corrected chi connectivity index (χ2v) is 9.20. The van der Waals surface area contributed by atoms with E-state index in [0.29, 0.717) is 21.4 Å². The molecule has 0 spiro atoms. The summed E-state index contributed by atoms with van der Waals surface area (Å²) in [5.41, 5.74) is 0.884. The molecule has 1 aliphatic heterocycles. The zero-order valence-electron chi connectivity index (χ0n) is 15.3. The van der Waals surface area contributed by atoms with Gasteiger partial charge in [-0.2, -0.15) is 0 Å². The van der Waals surface area contributed by atoms with Gasteiger partial charge >= 0.3 is 154 Å². The van der Waals surface area contributed by atoms with Crippen LogP contribution in [0.1, 0.15) is 49.4 Å². The van der Waals surface area contributed by atoms with Gasteiger partial charge in [0.1, 0.15) is 0 Å². The van der Waals surface area contributed by atoms with Crippen LogP contribution in [-0.2, 0) is 0 Å². The van der Waals surface area contributed by atoms with Crippen LogP contribution in [0.25, 0.3) is 0 Å². The molecule has 0 aromatic heterocycles. The molecule has 0 unspecified atom stereocenters. The minimum atomic E-state index is 0.288. The number of carbonyl (C=O) groups excluding carboxylic acids is 1. The molecule has 0 saturated carbocycles. The van der Waals surface area contributed by atoms with Gasteiger partial charge < -0.3 is 0 Å². The number of Topliss-reactive ketones (excluding diaryl/α,β-unsaturated/α-hetero) is 1. The summed E-state index contributed by atoms with van der Waals surface area (Å²) in [6, 6.07) is 8.41. The van der Waals surface area contributed by atoms with E-state index in [9.17, 15) is 4.79 Å². The molecule has 134 valence electrons. The number of piperazine rings is 1. The van der Waals surface area contributed by atoms with Gasteiger partial charge in [-0.3, -0.25) is 0 Å². The fraction of sp³-hybridized carbons (Fsp3) is 0.650. The fourth-order valence-electron chi connectivity index (χ4n) is 2.93. The molecule has 1 aromatic carbocycles. The quantitative estimate of drug-likeness (QED) is 0.346. The van der Waals surface area contributed by atoms with Crippen LogP contribution in [-0.4, -0.2) is 70.3 Å². The summed E-state index contributed by atoms with van der Waals surface area (Å²) >= 11 is 0.565. The van der Waals surface area contributed by atoms with Gasteiger partial charge in [-0.15, -0.1) is 0 Å². The van der Waals surface area contributed by atoms with Gasteiger partial charge in [-0.1, -0.05) is 0 Å². The summed E-state index contributed by atoms with van der Waals surface area (Å²) < 4.78 is 1.43. The number of ketones is 1. The number of nitrogens with zero attached hydrogens (tertiary/aromatic N) is 2. The Balaban J connectivity index is 1.68. The molecule has 1 heterocycles. The summed E-state index contributed by atoms with van der Waals surface area (Å²) in [7, 11) is 2.16. The molecule has 1 fully saturated rings. The Bertz CT molecular complexity index is 481. The Morgan fingerprint density at radius 2 is 1.75 bits per heavy atom. The molecule has 0 radical (unpaired) electrons. The Labute approximate surface area is 153 Å². The Morgan fingerprint density at radius 3 is 2.42 bits per heavy atom. The van der Waals surface area contributed by atoms with Crippen LogP contribution >= 0.6 is 0 Å². The van der Waals surface area contributed by atoms with Crippen LogP contribution in [0.4, 0.5) is 0 Å². The van der Waals surface area contributed by atoms with Crippen molar-refractivity contribution in [3.05, 3.63) is 29.8 Å². The summed E-state index contributed by atoms with van der Waals surface area (Å²) in [4.78, 5) is 17.1. The Hall–Kier alpha value is -0.671. The maximum absolute atomic E-state index is 12.4. The first kappa shape index (κ1) is 19.7. The number of hydrogen-bond acceptors (Lipinski definition) is 3. The van der Waals surface area contributed by atoms with Gasteiger partial charge in [0.25, 0.3) is 0 Å². The second-order valence-electron chi connectivity index (χ2n) is 6.75. The summed E-state index contributed by atoms with van der Waals surface area (Å²) in [6.45, 7) is 7.55. The molecule has 0 aliphatic carbocycles. The SMILES string of the molecule is CCCCCC[Se]c1ccc(C(=O)CCN2CCN(C)CC2)cc1. The molecule has 0 amide bonds. The van der Waals surface area contributed by atoms with Crippen molar-refractivity contribution in [2.75, 3.05) is 39.8 Å². The van der Waals surface area contributed by atoms with Gasteiger partial charge in [0.15, 0.2) is 0 Å². The van der Waals surface area contributed by atoms with Crippen LogP contribution in [0.3, 0.4) is 0 Å². The zero-order chi connectivity index (χ0) is 17.2. The molecular weight excluding hydrogens is 363 g/mol. The van der Waals surface area contributed by atoms with Crippen LogP contribution in [0.2, 0.25) is 5.32 Å². The van der Waals surface area contributed by atoms with Gasteiger partial charge in [0, 0.05) is 0 Å². The summed E-state index contributed by atoms with van der Waals surface area (Å²) in [5, 5.41) is 1.32. The second kappa shape index (κ2) is 11.0. The average Bonchev–Trinajstić information content (AvgIpc) is 2.61. The van der Waals surface area contributed by atoms with Crippen molar-refractivity contribution < 1.29 is 4.79 Å². The molecular formula is C20H32N2OSe. The first-order valence-corrected chi connectivity index (χ1v) is 11.4. The molecule has 1 aromatic rings. The molecule has 24 heavy (non-hydrogen) atoms. The predicted octanol–water partition coefficient (Wildman–Crippen LogP) is 2.83. The summed E-state index contributed by atoms with van der Waals surface area (Å²) in [6.07, 6.45) is 6.01. The van der Waals surface area contributed by atoms with Crippen LogP contribution in [0, 0.1) is 0 Å². The van der Waals surface area contributed by atoms with Crippen molar-refractivity contribution in [2.45, 2.75) is 44.3 Å². The fourth-order valence-corrected chi connectivity index (χ4v) is 4.85.